The Hall–Kier alpha value is -2.57. The summed E-state index contributed by atoms with van der Waals surface area (Å²) in [6.07, 6.45) is 0.395. The van der Waals surface area contributed by atoms with Gasteiger partial charge in [-0.25, -0.2) is 4.79 Å². The molecule has 3 unspecified atom stereocenters. The Kier molecular flexibility index (Phi) is 4.56. The van der Waals surface area contributed by atoms with Crippen molar-refractivity contribution in [3.8, 4) is 0 Å². The molecular weight excluding hydrogens is 358 g/mol. The number of cyclic esters (lactones) is 1. The fourth-order valence-electron chi connectivity index (χ4n) is 4.53. The number of likely N-dealkylation sites (tertiary alicyclic amines) is 1. The molecule has 4 rings (SSSR count). The van der Waals surface area contributed by atoms with Crippen LogP contribution in [-0.4, -0.2) is 55.1 Å². The zero-order valence-electron chi connectivity index (χ0n) is 16.6. The number of rotatable bonds is 5. The van der Waals surface area contributed by atoms with E-state index >= 15 is 0 Å². The molecule has 150 valence electrons. The number of hydrogen-bond donors (Lipinski definition) is 1. The summed E-state index contributed by atoms with van der Waals surface area (Å²) < 4.78 is 5.33. The number of anilines is 1. The van der Waals surface area contributed by atoms with Crippen molar-refractivity contribution in [3.05, 3.63) is 29.8 Å². The largest absolute Gasteiger partial charge is 0.442 e. The van der Waals surface area contributed by atoms with Crippen molar-refractivity contribution in [2.45, 2.75) is 38.7 Å². The van der Waals surface area contributed by atoms with Gasteiger partial charge in [0.25, 0.3) is 0 Å². The number of nitrogens with one attached hydrogen (secondary N) is 1. The van der Waals surface area contributed by atoms with Crippen LogP contribution in [0.25, 0.3) is 0 Å². The first-order valence-corrected chi connectivity index (χ1v) is 9.92. The van der Waals surface area contributed by atoms with E-state index in [-0.39, 0.29) is 35.3 Å². The van der Waals surface area contributed by atoms with Crippen LogP contribution in [0.15, 0.2) is 24.3 Å². The van der Waals surface area contributed by atoms with Gasteiger partial charge in [0.1, 0.15) is 6.10 Å². The van der Waals surface area contributed by atoms with Gasteiger partial charge in [0, 0.05) is 37.0 Å². The minimum absolute atomic E-state index is 0.0311. The van der Waals surface area contributed by atoms with Crippen LogP contribution in [0.5, 0.6) is 0 Å². The Morgan fingerprint density at radius 1 is 1.25 bits per heavy atom. The topological polar surface area (TPSA) is 79.0 Å². The summed E-state index contributed by atoms with van der Waals surface area (Å²) in [4.78, 5) is 39.1. The van der Waals surface area contributed by atoms with Crippen LogP contribution < -0.4 is 10.2 Å². The van der Waals surface area contributed by atoms with E-state index in [0.717, 1.165) is 25.2 Å². The molecule has 0 radical (unpaired) electrons. The lowest BCUT2D eigenvalue weighted by Crippen LogP contribution is -2.35. The average Bonchev–Trinajstić information content (AvgIpc) is 3.04. The third-order valence-corrected chi connectivity index (χ3v) is 6.16. The summed E-state index contributed by atoms with van der Waals surface area (Å²) >= 11 is 0. The third-order valence-electron chi connectivity index (χ3n) is 6.16. The van der Waals surface area contributed by atoms with Crippen molar-refractivity contribution in [1.82, 2.24) is 10.2 Å². The number of nitrogens with zero attached hydrogens (tertiary/aromatic N) is 2. The number of carbonyl (C=O) groups is 3. The molecule has 3 amide bonds. The van der Waals surface area contributed by atoms with E-state index in [1.165, 1.54) is 12.5 Å². The predicted molar refractivity (Wildman–Crippen MR) is 104 cm³/mol. The first kappa shape index (κ1) is 18.8. The lowest BCUT2D eigenvalue weighted by molar-refractivity contribution is -0.134. The molecule has 0 bridgehead atoms. The van der Waals surface area contributed by atoms with Gasteiger partial charge in [-0.05, 0) is 30.0 Å². The highest BCUT2D eigenvalue weighted by Crippen LogP contribution is 2.59. The maximum atomic E-state index is 12.3. The van der Waals surface area contributed by atoms with Crippen LogP contribution in [0.1, 0.15) is 32.8 Å². The summed E-state index contributed by atoms with van der Waals surface area (Å²) in [5.74, 6) is 0.662. The molecule has 1 aromatic carbocycles. The zero-order chi connectivity index (χ0) is 20.1. The molecular formula is C21H27N3O4. The Bertz CT molecular complexity index is 806. The Morgan fingerprint density at radius 3 is 2.61 bits per heavy atom. The van der Waals surface area contributed by atoms with Crippen LogP contribution in [0.3, 0.4) is 0 Å². The first-order valence-electron chi connectivity index (χ1n) is 9.92. The Morgan fingerprint density at radius 2 is 1.96 bits per heavy atom. The zero-order valence-corrected chi connectivity index (χ0v) is 16.6. The fourth-order valence-corrected chi connectivity index (χ4v) is 4.53. The molecule has 2 aliphatic heterocycles. The minimum atomic E-state index is -0.389. The van der Waals surface area contributed by atoms with Gasteiger partial charge in [-0.2, -0.15) is 0 Å². The van der Waals surface area contributed by atoms with Gasteiger partial charge in [0.15, 0.2) is 0 Å². The van der Waals surface area contributed by atoms with E-state index in [1.807, 2.05) is 30.9 Å². The van der Waals surface area contributed by atoms with Crippen molar-refractivity contribution in [2.75, 3.05) is 31.1 Å². The number of fused-ring (bicyclic) bond motifs is 1. The van der Waals surface area contributed by atoms with Crippen molar-refractivity contribution < 1.29 is 19.1 Å². The lowest BCUT2D eigenvalue weighted by Gasteiger charge is -2.23. The van der Waals surface area contributed by atoms with Gasteiger partial charge >= 0.3 is 6.09 Å². The molecule has 7 nitrogen and oxygen atoms in total. The van der Waals surface area contributed by atoms with E-state index in [9.17, 15) is 14.4 Å². The second-order valence-electron chi connectivity index (χ2n) is 8.53. The third kappa shape index (κ3) is 3.23. The van der Waals surface area contributed by atoms with Crippen LogP contribution in [0.2, 0.25) is 0 Å². The Balaban J connectivity index is 1.42. The molecule has 28 heavy (non-hydrogen) atoms. The molecule has 0 aromatic heterocycles. The van der Waals surface area contributed by atoms with Crippen molar-refractivity contribution >= 4 is 23.6 Å². The molecule has 1 saturated carbocycles. The second-order valence-corrected chi connectivity index (χ2v) is 8.53. The summed E-state index contributed by atoms with van der Waals surface area (Å²) in [6.45, 7) is 7.71. The molecule has 2 saturated heterocycles. The molecule has 1 N–H and O–H groups in total. The SMILES string of the molecule is CC(=O)NCC1CN(c2ccc(C34CC3CN(C(=O)C(C)C)C4)cc2)C(=O)O1. The summed E-state index contributed by atoms with van der Waals surface area (Å²) in [7, 11) is 0. The molecule has 3 atom stereocenters. The molecule has 7 heteroatoms. The number of ether oxygens (including phenoxy) is 1. The number of amides is 3. The molecule has 3 fully saturated rings. The Labute approximate surface area is 165 Å². The lowest BCUT2D eigenvalue weighted by atomic mass is 9.94. The summed E-state index contributed by atoms with van der Waals surface area (Å²) in [5.41, 5.74) is 2.12. The first-order chi connectivity index (χ1) is 13.3. The normalized spacial score (nSPS) is 28.4. The van der Waals surface area contributed by atoms with Gasteiger partial charge in [-0.1, -0.05) is 26.0 Å². The van der Waals surface area contributed by atoms with E-state index in [0.29, 0.717) is 19.0 Å². The van der Waals surface area contributed by atoms with Gasteiger partial charge in [-0.15, -0.1) is 0 Å². The van der Waals surface area contributed by atoms with Gasteiger partial charge in [0.05, 0.1) is 13.1 Å². The highest BCUT2D eigenvalue weighted by atomic mass is 16.6. The van der Waals surface area contributed by atoms with E-state index in [4.69, 9.17) is 4.74 Å². The van der Waals surface area contributed by atoms with Gasteiger partial charge in [0.2, 0.25) is 11.8 Å². The average molecular weight is 385 g/mol. The molecule has 0 spiro atoms. The second kappa shape index (κ2) is 6.79. The van der Waals surface area contributed by atoms with Crippen LogP contribution >= 0.6 is 0 Å². The maximum absolute atomic E-state index is 12.3. The maximum Gasteiger partial charge on any atom is 0.414 e. The smallest absolute Gasteiger partial charge is 0.414 e. The fraction of sp³-hybridized carbons (Fsp3) is 0.571. The van der Waals surface area contributed by atoms with Gasteiger partial charge in [-0.3, -0.25) is 14.5 Å². The molecule has 1 aliphatic carbocycles. The standard InChI is InChI=1S/C21H27N3O4/c1-13(2)19(26)23-10-16-8-21(16,12-23)15-4-6-17(7-5-15)24-11-18(28-20(24)27)9-22-14(3)25/h4-7,13,16,18H,8-12H2,1-3H3,(H,22,25). The highest BCUT2D eigenvalue weighted by Gasteiger charge is 2.61. The molecule has 1 aromatic rings. The van der Waals surface area contributed by atoms with Crippen LogP contribution in [0, 0.1) is 11.8 Å². The number of benzene rings is 1. The molecule has 2 heterocycles. The monoisotopic (exact) mass is 385 g/mol. The summed E-state index contributed by atoms with van der Waals surface area (Å²) in [5, 5.41) is 2.68. The predicted octanol–water partition coefficient (Wildman–Crippen LogP) is 1.90. The van der Waals surface area contributed by atoms with Crippen LogP contribution in [0.4, 0.5) is 10.5 Å². The van der Waals surface area contributed by atoms with E-state index in [2.05, 4.69) is 17.4 Å². The number of hydrogen-bond acceptors (Lipinski definition) is 4. The quantitative estimate of drug-likeness (QED) is 0.840. The minimum Gasteiger partial charge on any atom is -0.442 e. The number of piperidine rings is 1. The number of carbonyl (C=O) groups excluding carboxylic acids is 3. The highest BCUT2D eigenvalue weighted by molar-refractivity contribution is 5.90. The van der Waals surface area contributed by atoms with E-state index in [1.54, 1.807) is 4.90 Å². The summed E-state index contributed by atoms with van der Waals surface area (Å²) in [6, 6.07) is 8.06. The van der Waals surface area contributed by atoms with E-state index < -0.39 is 0 Å². The van der Waals surface area contributed by atoms with Crippen LogP contribution in [-0.2, 0) is 19.7 Å². The molecule has 3 aliphatic rings. The van der Waals surface area contributed by atoms with Crippen molar-refractivity contribution in [3.63, 3.8) is 0 Å². The van der Waals surface area contributed by atoms with Crippen molar-refractivity contribution in [1.29, 1.82) is 0 Å². The van der Waals surface area contributed by atoms with Crippen molar-refractivity contribution in [2.24, 2.45) is 11.8 Å². The van der Waals surface area contributed by atoms with Gasteiger partial charge < -0.3 is 15.0 Å².